The van der Waals surface area contributed by atoms with Gasteiger partial charge in [0.05, 0.1) is 4.92 Å². The highest BCUT2D eigenvalue weighted by atomic mass is 16.6. The van der Waals surface area contributed by atoms with Gasteiger partial charge in [0, 0.05) is 11.8 Å². The average molecular weight is 168 g/mol. The molecule has 0 aliphatic rings. The third-order valence-corrected chi connectivity index (χ3v) is 1.25. The van der Waals surface area contributed by atoms with Crippen LogP contribution in [0.15, 0.2) is 35.7 Å². The van der Waals surface area contributed by atoms with Gasteiger partial charge in [0.25, 0.3) is 0 Å². The van der Waals surface area contributed by atoms with Gasteiger partial charge in [-0.15, -0.1) is 0 Å². The van der Waals surface area contributed by atoms with E-state index >= 15 is 0 Å². The number of nitro groups is 1. The Morgan fingerprint density at radius 3 is 2.50 bits per heavy atom. The largest absolute Gasteiger partial charge is 0.398 e. The normalized spacial score (nSPS) is 13.8. The van der Waals surface area contributed by atoms with Crippen LogP contribution in [0.2, 0.25) is 0 Å². The van der Waals surface area contributed by atoms with E-state index in [1.54, 1.807) is 13.0 Å². The molecule has 0 aliphatic carbocycles. The molecule has 4 heteroatoms. The lowest BCUT2D eigenvalue weighted by Gasteiger charge is -1.94. The number of nitrogens with zero attached hydrogens (tertiary/aromatic N) is 1. The monoisotopic (exact) mass is 168 g/mol. The maximum atomic E-state index is 9.91. The van der Waals surface area contributed by atoms with Crippen molar-refractivity contribution < 1.29 is 4.92 Å². The summed E-state index contributed by atoms with van der Waals surface area (Å²) in [5.41, 5.74) is 6.71. The molecule has 0 atom stereocenters. The number of hydrogen-bond donors (Lipinski definition) is 1. The van der Waals surface area contributed by atoms with E-state index in [-0.39, 0.29) is 0 Å². The second kappa shape index (κ2) is 5.12. The second-order valence-electron chi connectivity index (χ2n) is 2.24. The molecule has 0 rings (SSSR count). The van der Waals surface area contributed by atoms with Crippen LogP contribution in [0.25, 0.3) is 0 Å². The van der Waals surface area contributed by atoms with Crippen LogP contribution < -0.4 is 5.73 Å². The molecule has 0 unspecified atom stereocenters. The molecule has 0 bridgehead atoms. The molecule has 0 spiro atoms. The Bertz CT molecular complexity index is 252. The van der Waals surface area contributed by atoms with Crippen LogP contribution in [-0.4, -0.2) is 4.92 Å². The van der Waals surface area contributed by atoms with Crippen molar-refractivity contribution >= 4 is 0 Å². The van der Waals surface area contributed by atoms with Gasteiger partial charge in [0.1, 0.15) is 0 Å². The predicted molar refractivity (Wildman–Crippen MR) is 47.8 cm³/mol. The van der Waals surface area contributed by atoms with E-state index in [4.69, 9.17) is 5.73 Å². The van der Waals surface area contributed by atoms with Crippen LogP contribution in [0.5, 0.6) is 0 Å². The highest BCUT2D eigenvalue weighted by molar-refractivity contribution is 5.28. The maximum Gasteiger partial charge on any atom is 0.236 e. The topological polar surface area (TPSA) is 69.2 Å². The molecule has 0 aliphatic heterocycles. The molecule has 2 N–H and O–H groups in total. The fourth-order valence-corrected chi connectivity index (χ4v) is 0.619. The van der Waals surface area contributed by atoms with Gasteiger partial charge in [0.2, 0.25) is 6.20 Å². The first kappa shape index (κ1) is 10.4. The van der Waals surface area contributed by atoms with Crippen molar-refractivity contribution in [3.8, 4) is 0 Å². The molecular formula is C8H12N2O2. The molecule has 0 radical (unpaired) electrons. The van der Waals surface area contributed by atoms with E-state index in [1.165, 1.54) is 6.08 Å². The molecule has 0 saturated carbocycles. The fraction of sp³-hybridized carbons (Fsp3) is 0.250. The summed E-state index contributed by atoms with van der Waals surface area (Å²) < 4.78 is 0. The van der Waals surface area contributed by atoms with E-state index in [1.807, 2.05) is 13.0 Å². The number of rotatable bonds is 3. The first-order valence-corrected chi connectivity index (χ1v) is 3.48. The van der Waals surface area contributed by atoms with Gasteiger partial charge in [-0.05, 0) is 19.4 Å². The van der Waals surface area contributed by atoms with Crippen molar-refractivity contribution in [2.75, 3.05) is 0 Å². The Balaban J connectivity index is 4.46. The van der Waals surface area contributed by atoms with Crippen molar-refractivity contribution in [1.82, 2.24) is 0 Å². The summed E-state index contributed by atoms with van der Waals surface area (Å²) in [6.07, 6.45) is 5.71. The van der Waals surface area contributed by atoms with E-state index in [9.17, 15) is 10.1 Å². The Labute approximate surface area is 71.2 Å². The summed E-state index contributed by atoms with van der Waals surface area (Å²) >= 11 is 0. The molecule has 0 aromatic rings. The Morgan fingerprint density at radius 1 is 1.50 bits per heavy atom. The van der Waals surface area contributed by atoms with Crippen LogP contribution in [0, 0.1) is 10.1 Å². The van der Waals surface area contributed by atoms with E-state index in [2.05, 4.69) is 0 Å². The van der Waals surface area contributed by atoms with Gasteiger partial charge >= 0.3 is 0 Å². The van der Waals surface area contributed by atoms with Gasteiger partial charge in [0.15, 0.2) is 0 Å². The lowest BCUT2D eigenvalue weighted by Crippen LogP contribution is -1.97. The highest BCUT2D eigenvalue weighted by Crippen LogP contribution is 2.00. The van der Waals surface area contributed by atoms with Gasteiger partial charge in [-0.2, -0.15) is 0 Å². The zero-order valence-corrected chi connectivity index (χ0v) is 7.15. The zero-order valence-electron chi connectivity index (χ0n) is 7.15. The number of nitrogens with two attached hydrogens (primary N) is 1. The third kappa shape index (κ3) is 4.27. The molecule has 12 heavy (non-hydrogen) atoms. The minimum Gasteiger partial charge on any atom is -0.398 e. The van der Waals surface area contributed by atoms with Crippen molar-refractivity contribution in [1.29, 1.82) is 0 Å². The second-order valence-corrected chi connectivity index (χ2v) is 2.24. The Hall–Kier alpha value is -1.58. The van der Waals surface area contributed by atoms with Gasteiger partial charge < -0.3 is 5.73 Å². The summed E-state index contributed by atoms with van der Waals surface area (Å²) in [7, 11) is 0. The molecule has 4 nitrogen and oxygen atoms in total. The van der Waals surface area contributed by atoms with Crippen LogP contribution in [-0.2, 0) is 0 Å². The quantitative estimate of drug-likeness (QED) is 0.395. The molecule has 66 valence electrons. The Morgan fingerprint density at radius 2 is 2.08 bits per heavy atom. The molecule has 0 aromatic heterocycles. The summed E-state index contributed by atoms with van der Waals surface area (Å²) in [6, 6.07) is 0. The summed E-state index contributed by atoms with van der Waals surface area (Å²) in [5, 5.41) is 9.91. The maximum absolute atomic E-state index is 9.91. The van der Waals surface area contributed by atoms with E-state index in [0.717, 1.165) is 11.8 Å². The molecule has 0 fully saturated rings. The molecule has 0 saturated heterocycles. The highest BCUT2D eigenvalue weighted by Gasteiger charge is 1.91. The predicted octanol–water partition coefficient (Wildman–Crippen LogP) is 1.59. The minimum absolute atomic E-state index is 0.407. The molecular weight excluding hydrogens is 156 g/mol. The Kier molecular flexibility index (Phi) is 4.45. The zero-order chi connectivity index (χ0) is 9.56. The summed E-state index contributed by atoms with van der Waals surface area (Å²) in [5.74, 6) is 0. The van der Waals surface area contributed by atoms with Crippen LogP contribution >= 0.6 is 0 Å². The molecule has 0 amide bonds. The van der Waals surface area contributed by atoms with E-state index in [0.29, 0.717) is 5.70 Å². The first-order chi connectivity index (χ1) is 5.57. The standard InChI is InChI=1S/C8H12N2O2/c1-3-4-7(2)8(9)5-6-10(11)12/h3-6H,9H2,1-2H3/b4-3-,6-5+,8-7+. The molecule has 0 heterocycles. The molecule has 0 aromatic carbocycles. The van der Waals surface area contributed by atoms with E-state index < -0.39 is 4.92 Å². The van der Waals surface area contributed by atoms with Crippen molar-refractivity contribution in [3.05, 3.63) is 45.8 Å². The van der Waals surface area contributed by atoms with Gasteiger partial charge in [-0.3, -0.25) is 10.1 Å². The minimum atomic E-state index is -0.546. The fourth-order valence-electron chi connectivity index (χ4n) is 0.619. The van der Waals surface area contributed by atoms with Crippen LogP contribution in [0.3, 0.4) is 0 Å². The number of allylic oxidation sites excluding steroid dienone is 4. The van der Waals surface area contributed by atoms with Gasteiger partial charge in [-0.25, -0.2) is 0 Å². The smallest absolute Gasteiger partial charge is 0.236 e. The van der Waals surface area contributed by atoms with Crippen molar-refractivity contribution in [2.24, 2.45) is 5.73 Å². The third-order valence-electron chi connectivity index (χ3n) is 1.25. The summed E-state index contributed by atoms with van der Waals surface area (Å²) in [4.78, 5) is 9.36. The van der Waals surface area contributed by atoms with Gasteiger partial charge in [-0.1, -0.05) is 12.2 Å². The summed E-state index contributed by atoms with van der Waals surface area (Å²) in [6.45, 7) is 3.65. The average Bonchev–Trinajstić information content (AvgIpc) is 2.00. The van der Waals surface area contributed by atoms with Crippen molar-refractivity contribution in [2.45, 2.75) is 13.8 Å². The van der Waals surface area contributed by atoms with Crippen LogP contribution in [0.1, 0.15) is 13.8 Å². The van der Waals surface area contributed by atoms with Crippen LogP contribution in [0.4, 0.5) is 0 Å². The lowest BCUT2D eigenvalue weighted by molar-refractivity contribution is -0.402. The van der Waals surface area contributed by atoms with Crippen molar-refractivity contribution in [3.63, 3.8) is 0 Å². The number of hydrogen-bond acceptors (Lipinski definition) is 3. The SMILES string of the molecule is C\C=C/C(C)=C(N)\C=C\[N+](=O)[O-]. The first-order valence-electron chi connectivity index (χ1n) is 3.48. The lowest BCUT2D eigenvalue weighted by atomic mass is 10.2.